The fourth-order valence-corrected chi connectivity index (χ4v) is 2.11. The van der Waals surface area contributed by atoms with Gasteiger partial charge in [-0.25, -0.2) is 0 Å². The quantitative estimate of drug-likeness (QED) is 0.571. The maximum Gasteiger partial charge on any atom is 0.306 e. The standard InChI is InChI=1S/C16H28O3/c1-4-7-9-11-15(17)14(10-8-5-2)12-13(6-3)16(18)19/h9,11,13-14H,4-8,10,12H2,1-3H3,(H,18,19). The molecule has 0 spiro atoms. The van der Waals surface area contributed by atoms with Crippen LogP contribution in [0.5, 0.6) is 0 Å². The van der Waals surface area contributed by atoms with E-state index < -0.39 is 11.9 Å². The molecule has 0 aromatic rings. The number of rotatable bonds is 11. The molecule has 0 saturated heterocycles. The van der Waals surface area contributed by atoms with Crippen LogP contribution in [0.3, 0.4) is 0 Å². The topological polar surface area (TPSA) is 54.4 Å². The van der Waals surface area contributed by atoms with Crippen molar-refractivity contribution in [3.63, 3.8) is 0 Å². The van der Waals surface area contributed by atoms with Gasteiger partial charge in [0.05, 0.1) is 5.92 Å². The number of carbonyl (C=O) groups excluding carboxylic acids is 1. The minimum absolute atomic E-state index is 0.0987. The largest absolute Gasteiger partial charge is 0.481 e. The van der Waals surface area contributed by atoms with E-state index in [-0.39, 0.29) is 11.7 Å². The van der Waals surface area contributed by atoms with Gasteiger partial charge in [-0.15, -0.1) is 0 Å². The molecule has 3 nitrogen and oxygen atoms in total. The lowest BCUT2D eigenvalue weighted by atomic mass is 9.86. The van der Waals surface area contributed by atoms with E-state index in [1.165, 1.54) is 0 Å². The minimum Gasteiger partial charge on any atom is -0.481 e. The number of ketones is 1. The number of aliphatic carboxylic acids is 1. The molecule has 0 amide bonds. The molecule has 0 rings (SSSR count). The van der Waals surface area contributed by atoms with Gasteiger partial charge in [-0.2, -0.15) is 0 Å². The number of hydrogen-bond donors (Lipinski definition) is 1. The molecular formula is C16H28O3. The predicted molar refractivity (Wildman–Crippen MR) is 78.1 cm³/mol. The lowest BCUT2D eigenvalue weighted by Gasteiger charge is -2.17. The van der Waals surface area contributed by atoms with E-state index >= 15 is 0 Å². The van der Waals surface area contributed by atoms with Crippen LogP contribution in [0.25, 0.3) is 0 Å². The third kappa shape index (κ3) is 7.81. The van der Waals surface area contributed by atoms with Crippen LogP contribution in [0, 0.1) is 11.8 Å². The van der Waals surface area contributed by atoms with Crippen molar-refractivity contribution in [2.75, 3.05) is 0 Å². The first-order chi connectivity index (χ1) is 9.06. The highest BCUT2D eigenvalue weighted by Gasteiger charge is 2.24. The van der Waals surface area contributed by atoms with E-state index in [0.29, 0.717) is 12.8 Å². The maximum atomic E-state index is 12.1. The van der Waals surface area contributed by atoms with Crippen molar-refractivity contribution in [1.82, 2.24) is 0 Å². The summed E-state index contributed by atoms with van der Waals surface area (Å²) in [4.78, 5) is 23.2. The fraction of sp³-hybridized carbons (Fsp3) is 0.750. The van der Waals surface area contributed by atoms with Gasteiger partial charge in [0.1, 0.15) is 0 Å². The Morgan fingerprint density at radius 3 is 2.26 bits per heavy atom. The summed E-state index contributed by atoms with van der Waals surface area (Å²) in [7, 11) is 0. The first-order valence-corrected chi connectivity index (χ1v) is 7.49. The van der Waals surface area contributed by atoms with Gasteiger partial charge in [0, 0.05) is 5.92 Å². The van der Waals surface area contributed by atoms with E-state index in [4.69, 9.17) is 5.11 Å². The van der Waals surface area contributed by atoms with Gasteiger partial charge in [0.25, 0.3) is 0 Å². The molecule has 0 bridgehead atoms. The summed E-state index contributed by atoms with van der Waals surface area (Å²) in [5.41, 5.74) is 0. The van der Waals surface area contributed by atoms with E-state index in [1.807, 2.05) is 13.0 Å². The second kappa shape index (κ2) is 10.8. The van der Waals surface area contributed by atoms with Crippen LogP contribution in [-0.2, 0) is 9.59 Å². The van der Waals surface area contributed by atoms with Crippen molar-refractivity contribution in [2.24, 2.45) is 11.8 Å². The summed E-state index contributed by atoms with van der Waals surface area (Å²) in [6.45, 7) is 6.02. The zero-order valence-corrected chi connectivity index (χ0v) is 12.5. The Morgan fingerprint density at radius 1 is 1.11 bits per heavy atom. The molecule has 1 N–H and O–H groups in total. The second-order valence-corrected chi connectivity index (χ2v) is 5.11. The molecule has 0 aliphatic rings. The Morgan fingerprint density at radius 2 is 1.79 bits per heavy atom. The number of carbonyl (C=O) groups is 2. The van der Waals surface area contributed by atoms with E-state index in [2.05, 4.69) is 13.8 Å². The number of unbranched alkanes of at least 4 members (excludes halogenated alkanes) is 2. The zero-order chi connectivity index (χ0) is 14.7. The zero-order valence-electron chi connectivity index (χ0n) is 12.5. The smallest absolute Gasteiger partial charge is 0.306 e. The molecular weight excluding hydrogens is 240 g/mol. The molecule has 0 aromatic heterocycles. The van der Waals surface area contributed by atoms with Gasteiger partial charge in [-0.3, -0.25) is 9.59 Å². The Bertz CT molecular complexity index is 294. The highest BCUT2D eigenvalue weighted by molar-refractivity contribution is 5.92. The molecule has 0 radical (unpaired) electrons. The molecule has 110 valence electrons. The summed E-state index contributed by atoms with van der Waals surface area (Å²) in [5, 5.41) is 9.11. The van der Waals surface area contributed by atoms with E-state index in [1.54, 1.807) is 6.08 Å². The lowest BCUT2D eigenvalue weighted by molar-refractivity contribution is -0.142. The minimum atomic E-state index is -0.783. The van der Waals surface area contributed by atoms with Crippen molar-refractivity contribution in [1.29, 1.82) is 0 Å². The van der Waals surface area contributed by atoms with Crippen LogP contribution >= 0.6 is 0 Å². The van der Waals surface area contributed by atoms with Crippen molar-refractivity contribution < 1.29 is 14.7 Å². The van der Waals surface area contributed by atoms with Gasteiger partial charge < -0.3 is 5.11 Å². The third-order valence-electron chi connectivity index (χ3n) is 3.46. The molecule has 0 aromatic carbocycles. The highest BCUT2D eigenvalue weighted by Crippen LogP contribution is 2.22. The Hall–Kier alpha value is -1.12. The van der Waals surface area contributed by atoms with Gasteiger partial charge in [0.2, 0.25) is 0 Å². The molecule has 0 aliphatic heterocycles. The van der Waals surface area contributed by atoms with Crippen molar-refractivity contribution >= 4 is 11.8 Å². The van der Waals surface area contributed by atoms with Crippen LogP contribution < -0.4 is 0 Å². The van der Waals surface area contributed by atoms with E-state index in [9.17, 15) is 9.59 Å². The summed E-state index contributed by atoms with van der Waals surface area (Å²) in [5.74, 6) is -1.21. The Labute approximate surface area is 117 Å². The Balaban J connectivity index is 4.59. The fourth-order valence-electron chi connectivity index (χ4n) is 2.11. The van der Waals surface area contributed by atoms with Crippen LogP contribution in [0.1, 0.15) is 65.7 Å². The summed E-state index contributed by atoms with van der Waals surface area (Å²) >= 11 is 0. The molecule has 0 heterocycles. The van der Waals surface area contributed by atoms with Gasteiger partial charge in [0.15, 0.2) is 5.78 Å². The van der Waals surface area contributed by atoms with E-state index in [0.717, 1.165) is 32.1 Å². The first-order valence-electron chi connectivity index (χ1n) is 7.49. The average molecular weight is 268 g/mol. The summed E-state index contributed by atoms with van der Waals surface area (Å²) in [6.07, 6.45) is 9.36. The highest BCUT2D eigenvalue weighted by atomic mass is 16.4. The molecule has 3 heteroatoms. The number of allylic oxidation sites excluding steroid dienone is 2. The molecule has 0 aliphatic carbocycles. The third-order valence-corrected chi connectivity index (χ3v) is 3.46. The van der Waals surface area contributed by atoms with Crippen LogP contribution in [0.4, 0.5) is 0 Å². The molecule has 19 heavy (non-hydrogen) atoms. The van der Waals surface area contributed by atoms with Crippen LogP contribution in [0.15, 0.2) is 12.2 Å². The molecule has 2 unspecified atom stereocenters. The first kappa shape index (κ1) is 17.9. The summed E-state index contributed by atoms with van der Waals surface area (Å²) in [6, 6.07) is 0. The lowest BCUT2D eigenvalue weighted by Crippen LogP contribution is -2.21. The molecule has 0 fully saturated rings. The van der Waals surface area contributed by atoms with Crippen LogP contribution in [0.2, 0.25) is 0 Å². The normalized spacial score (nSPS) is 14.5. The van der Waals surface area contributed by atoms with Crippen LogP contribution in [-0.4, -0.2) is 16.9 Å². The monoisotopic (exact) mass is 268 g/mol. The predicted octanol–water partition coefficient (Wildman–Crippen LogP) is 4.22. The summed E-state index contributed by atoms with van der Waals surface area (Å²) < 4.78 is 0. The number of carboxylic acid groups (broad SMARTS) is 1. The van der Waals surface area contributed by atoms with Gasteiger partial charge in [-0.05, 0) is 31.8 Å². The maximum absolute atomic E-state index is 12.1. The average Bonchev–Trinajstić information content (AvgIpc) is 2.38. The van der Waals surface area contributed by atoms with Gasteiger partial charge >= 0.3 is 5.97 Å². The Kier molecular flexibility index (Phi) is 10.1. The number of carboxylic acids is 1. The molecule has 2 atom stereocenters. The molecule has 0 saturated carbocycles. The van der Waals surface area contributed by atoms with Crippen molar-refractivity contribution in [3.05, 3.63) is 12.2 Å². The SMILES string of the molecule is CCCC=CC(=O)C(CCCC)CC(CC)C(=O)O. The second-order valence-electron chi connectivity index (χ2n) is 5.11. The number of hydrogen-bond acceptors (Lipinski definition) is 2. The van der Waals surface area contributed by atoms with Crippen molar-refractivity contribution in [3.8, 4) is 0 Å². The van der Waals surface area contributed by atoms with Crippen molar-refractivity contribution in [2.45, 2.75) is 65.7 Å². The van der Waals surface area contributed by atoms with Gasteiger partial charge in [-0.1, -0.05) is 46.1 Å².